The van der Waals surface area contributed by atoms with Crippen LogP contribution in [-0.4, -0.2) is 29.7 Å². The molecule has 0 aromatic carbocycles. The highest BCUT2D eigenvalue weighted by Gasteiger charge is 2.20. The first-order valence-corrected chi connectivity index (χ1v) is 5.59. The van der Waals surface area contributed by atoms with Crippen molar-refractivity contribution in [3.63, 3.8) is 0 Å². The lowest BCUT2D eigenvalue weighted by atomic mass is 10.1. The van der Waals surface area contributed by atoms with Crippen LogP contribution in [0.15, 0.2) is 16.7 Å². The van der Waals surface area contributed by atoms with E-state index in [-0.39, 0.29) is 11.9 Å². The number of nitrogens with zero attached hydrogens (tertiary/aromatic N) is 2. The van der Waals surface area contributed by atoms with Crippen molar-refractivity contribution in [3.05, 3.63) is 32.4 Å². The maximum atomic E-state index is 10.6. The molecule has 0 amide bonds. The summed E-state index contributed by atoms with van der Waals surface area (Å²) in [5.41, 5.74) is 0.886. The first kappa shape index (κ1) is 11.4. The monoisotopic (exact) mass is 287 g/mol. The van der Waals surface area contributed by atoms with Crippen molar-refractivity contribution in [1.82, 2.24) is 10.3 Å². The van der Waals surface area contributed by atoms with Crippen LogP contribution in [0.4, 0.5) is 5.82 Å². The minimum atomic E-state index is -0.515. The highest BCUT2D eigenvalue weighted by Crippen LogP contribution is 2.26. The lowest BCUT2D eigenvalue weighted by Crippen LogP contribution is -2.34. The Bertz CT molecular complexity index is 407. The number of halogens is 1. The van der Waals surface area contributed by atoms with Crippen LogP contribution >= 0.6 is 15.9 Å². The molecule has 16 heavy (non-hydrogen) atoms. The Labute approximate surface area is 100 Å². The zero-order chi connectivity index (χ0) is 11.5. The van der Waals surface area contributed by atoms with E-state index < -0.39 is 4.92 Å². The van der Waals surface area contributed by atoms with Gasteiger partial charge in [-0.15, -0.1) is 0 Å². The molecule has 86 valence electrons. The smallest absolute Gasteiger partial charge is 0.377 e. The van der Waals surface area contributed by atoms with Gasteiger partial charge in [-0.25, -0.2) is 0 Å². The van der Waals surface area contributed by atoms with Crippen LogP contribution in [0.25, 0.3) is 0 Å². The number of pyridine rings is 1. The number of ether oxygens (including phenoxy) is 1. The van der Waals surface area contributed by atoms with Crippen LogP contribution in [-0.2, 0) is 4.74 Å². The largest absolute Gasteiger partial charge is 0.378 e. The molecular formula is C9H10BrN3O3. The van der Waals surface area contributed by atoms with Gasteiger partial charge in [0.25, 0.3) is 0 Å². The highest BCUT2D eigenvalue weighted by atomic mass is 79.9. The third-order valence-electron chi connectivity index (χ3n) is 2.34. The van der Waals surface area contributed by atoms with Gasteiger partial charge >= 0.3 is 5.82 Å². The summed E-state index contributed by atoms with van der Waals surface area (Å²) in [4.78, 5) is 13.9. The molecule has 1 aliphatic rings. The van der Waals surface area contributed by atoms with E-state index in [4.69, 9.17) is 4.74 Å². The van der Waals surface area contributed by atoms with Crippen LogP contribution < -0.4 is 5.32 Å². The van der Waals surface area contributed by atoms with Gasteiger partial charge in [-0.1, -0.05) is 0 Å². The molecule has 2 heterocycles. The van der Waals surface area contributed by atoms with Crippen molar-refractivity contribution in [2.75, 3.05) is 19.8 Å². The summed E-state index contributed by atoms with van der Waals surface area (Å²) in [6, 6.07) is 1.76. The average Bonchev–Trinajstić information content (AvgIpc) is 2.29. The van der Waals surface area contributed by atoms with E-state index in [2.05, 4.69) is 26.2 Å². The molecule has 0 radical (unpaired) electrons. The van der Waals surface area contributed by atoms with Crippen molar-refractivity contribution in [2.24, 2.45) is 0 Å². The molecule has 1 aliphatic heterocycles. The Morgan fingerprint density at radius 3 is 3.06 bits per heavy atom. The molecule has 1 aromatic heterocycles. The maximum absolute atomic E-state index is 10.6. The van der Waals surface area contributed by atoms with Crippen LogP contribution in [0, 0.1) is 10.1 Å². The van der Waals surface area contributed by atoms with Crippen LogP contribution in [0.3, 0.4) is 0 Å². The van der Waals surface area contributed by atoms with Crippen LogP contribution in [0.5, 0.6) is 0 Å². The molecule has 2 rings (SSSR count). The Morgan fingerprint density at radius 1 is 1.69 bits per heavy atom. The summed E-state index contributed by atoms with van der Waals surface area (Å²) in [6.07, 6.45) is 1.51. The number of morpholine rings is 1. The molecule has 1 aromatic rings. The van der Waals surface area contributed by atoms with E-state index in [1.807, 2.05) is 0 Å². The number of hydrogen-bond donors (Lipinski definition) is 1. The molecule has 1 unspecified atom stereocenters. The third kappa shape index (κ3) is 2.37. The summed E-state index contributed by atoms with van der Waals surface area (Å²) < 4.78 is 5.71. The SMILES string of the molecule is O=[N+]([O-])c1ncc(C2COCCN2)cc1Br. The van der Waals surface area contributed by atoms with Crippen molar-refractivity contribution in [1.29, 1.82) is 0 Å². The zero-order valence-corrected chi connectivity index (χ0v) is 9.94. The van der Waals surface area contributed by atoms with E-state index >= 15 is 0 Å². The van der Waals surface area contributed by atoms with Gasteiger partial charge in [-0.05, 0) is 31.9 Å². The molecule has 0 aliphatic carbocycles. The third-order valence-corrected chi connectivity index (χ3v) is 2.92. The first-order valence-electron chi connectivity index (χ1n) is 4.79. The number of aromatic nitrogens is 1. The van der Waals surface area contributed by atoms with Crippen molar-refractivity contribution in [3.8, 4) is 0 Å². The van der Waals surface area contributed by atoms with E-state index in [9.17, 15) is 10.1 Å². The van der Waals surface area contributed by atoms with Gasteiger partial charge in [0, 0.05) is 12.1 Å². The summed E-state index contributed by atoms with van der Waals surface area (Å²) in [7, 11) is 0. The van der Waals surface area contributed by atoms with Gasteiger partial charge in [0.1, 0.15) is 10.7 Å². The molecule has 1 fully saturated rings. The van der Waals surface area contributed by atoms with Crippen LogP contribution in [0.2, 0.25) is 0 Å². The molecule has 0 saturated carbocycles. The lowest BCUT2D eigenvalue weighted by molar-refractivity contribution is -0.390. The number of nitro groups is 1. The molecular weight excluding hydrogens is 278 g/mol. The molecule has 1 N–H and O–H groups in total. The molecule has 1 saturated heterocycles. The second kappa shape index (κ2) is 4.86. The number of nitrogens with one attached hydrogen (secondary N) is 1. The predicted octanol–water partition coefficient (Wildman–Crippen LogP) is 1.41. The maximum Gasteiger partial charge on any atom is 0.377 e. The Hall–Kier alpha value is -1.05. The predicted molar refractivity (Wildman–Crippen MR) is 60.2 cm³/mol. The number of hydrogen-bond acceptors (Lipinski definition) is 5. The first-order chi connectivity index (χ1) is 7.68. The summed E-state index contributed by atoms with van der Waals surface area (Å²) in [6.45, 7) is 2.03. The minimum absolute atomic E-state index is 0.0540. The van der Waals surface area contributed by atoms with Gasteiger partial charge < -0.3 is 20.2 Å². The van der Waals surface area contributed by atoms with E-state index in [1.54, 1.807) is 6.07 Å². The van der Waals surface area contributed by atoms with Gasteiger partial charge in [0.15, 0.2) is 0 Å². The van der Waals surface area contributed by atoms with Gasteiger partial charge in [-0.2, -0.15) is 0 Å². The fraction of sp³-hybridized carbons (Fsp3) is 0.444. The van der Waals surface area contributed by atoms with Crippen molar-refractivity contribution < 1.29 is 9.66 Å². The van der Waals surface area contributed by atoms with Crippen molar-refractivity contribution in [2.45, 2.75) is 6.04 Å². The second-order valence-electron chi connectivity index (χ2n) is 3.41. The number of rotatable bonds is 2. The van der Waals surface area contributed by atoms with E-state index in [0.717, 1.165) is 12.1 Å². The standard InChI is InChI=1S/C9H10BrN3O3/c10-7-3-6(4-12-9(7)13(14)15)8-5-16-2-1-11-8/h3-4,8,11H,1-2,5H2. The van der Waals surface area contributed by atoms with Gasteiger partial charge in [0.2, 0.25) is 0 Å². The lowest BCUT2D eigenvalue weighted by Gasteiger charge is -2.23. The molecule has 7 heteroatoms. The Balaban J connectivity index is 2.23. The van der Waals surface area contributed by atoms with Gasteiger partial charge in [0.05, 0.1) is 19.3 Å². The van der Waals surface area contributed by atoms with Gasteiger partial charge in [-0.3, -0.25) is 0 Å². The normalized spacial score (nSPS) is 20.7. The fourth-order valence-corrected chi connectivity index (χ4v) is 2.06. The molecule has 0 bridgehead atoms. The topological polar surface area (TPSA) is 77.3 Å². The Kier molecular flexibility index (Phi) is 3.47. The summed E-state index contributed by atoms with van der Waals surface area (Å²) in [5.74, 6) is -0.166. The van der Waals surface area contributed by atoms with Crippen LogP contribution in [0.1, 0.15) is 11.6 Å². The van der Waals surface area contributed by atoms with E-state index in [1.165, 1.54) is 6.20 Å². The quantitative estimate of drug-likeness (QED) is 0.657. The second-order valence-corrected chi connectivity index (χ2v) is 4.27. The molecule has 0 spiro atoms. The fourth-order valence-electron chi connectivity index (χ4n) is 1.55. The minimum Gasteiger partial charge on any atom is -0.378 e. The molecule has 1 atom stereocenters. The Morgan fingerprint density at radius 2 is 2.50 bits per heavy atom. The van der Waals surface area contributed by atoms with Crippen molar-refractivity contribution >= 4 is 21.7 Å². The summed E-state index contributed by atoms with van der Waals surface area (Å²) >= 11 is 3.14. The molecule has 6 nitrogen and oxygen atoms in total. The average molecular weight is 288 g/mol. The summed E-state index contributed by atoms with van der Waals surface area (Å²) in [5, 5.41) is 13.8. The zero-order valence-electron chi connectivity index (χ0n) is 8.35. The highest BCUT2D eigenvalue weighted by molar-refractivity contribution is 9.10. The van der Waals surface area contributed by atoms with E-state index in [0.29, 0.717) is 17.7 Å².